The minimum atomic E-state index is -0.344. The van der Waals surface area contributed by atoms with Crippen LogP contribution in [0.1, 0.15) is 36.2 Å². The highest BCUT2D eigenvalue weighted by Crippen LogP contribution is 2.12. The van der Waals surface area contributed by atoms with Gasteiger partial charge in [0.2, 0.25) is 0 Å². The summed E-state index contributed by atoms with van der Waals surface area (Å²) in [6.45, 7) is 4.23. The Kier molecular flexibility index (Phi) is 4.43. The Morgan fingerprint density at radius 2 is 2.27 bits per heavy atom. The number of ether oxygens (including phenoxy) is 1. The second kappa shape index (κ2) is 5.61. The predicted molar refractivity (Wildman–Crippen MR) is 56.3 cm³/mol. The zero-order chi connectivity index (χ0) is 11.3. The van der Waals surface area contributed by atoms with Crippen molar-refractivity contribution in [1.82, 2.24) is 0 Å². The van der Waals surface area contributed by atoms with Crippen molar-refractivity contribution >= 4 is 6.29 Å². The fraction of sp³-hybridized carbons (Fsp3) is 0.417. The van der Waals surface area contributed by atoms with Gasteiger partial charge in [-0.25, -0.2) is 4.39 Å². The normalized spacial score (nSPS) is 12.5. The van der Waals surface area contributed by atoms with Gasteiger partial charge in [0.1, 0.15) is 12.1 Å². The van der Waals surface area contributed by atoms with Gasteiger partial charge in [0.05, 0.1) is 12.7 Å². The van der Waals surface area contributed by atoms with E-state index in [0.717, 1.165) is 12.7 Å². The van der Waals surface area contributed by atoms with Crippen molar-refractivity contribution in [3.8, 4) is 0 Å². The number of rotatable bonds is 5. The van der Waals surface area contributed by atoms with E-state index in [1.165, 1.54) is 18.2 Å². The number of aldehydes is 1. The first kappa shape index (κ1) is 11.9. The molecule has 0 heterocycles. The Morgan fingerprint density at radius 1 is 1.53 bits per heavy atom. The smallest absolute Gasteiger partial charge is 0.150 e. The van der Waals surface area contributed by atoms with Crippen LogP contribution in [-0.2, 0) is 11.3 Å². The Labute approximate surface area is 89.1 Å². The fourth-order valence-corrected chi connectivity index (χ4v) is 1.16. The summed E-state index contributed by atoms with van der Waals surface area (Å²) < 4.78 is 18.4. The van der Waals surface area contributed by atoms with Crippen LogP contribution in [0, 0.1) is 5.82 Å². The molecule has 0 saturated heterocycles. The lowest BCUT2D eigenvalue weighted by Gasteiger charge is -2.11. The number of hydrogen-bond acceptors (Lipinski definition) is 2. The number of hydrogen-bond donors (Lipinski definition) is 0. The third-order valence-corrected chi connectivity index (χ3v) is 2.33. The molecule has 0 aliphatic heterocycles. The van der Waals surface area contributed by atoms with Crippen molar-refractivity contribution in [2.24, 2.45) is 0 Å². The molecule has 1 aromatic carbocycles. The first-order valence-corrected chi connectivity index (χ1v) is 5.02. The second-order valence-electron chi connectivity index (χ2n) is 3.49. The minimum Gasteiger partial charge on any atom is -0.374 e. The lowest BCUT2D eigenvalue weighted by Crippen LogP contribution is -2.07. The van der Waals surface area contributed by atoms with Crippen LogP contribution in [0.3, 0.4) is 0 Å². The van der Waals surface area contributed by atoms with Gasteiger partial charge in [-0.2, -0.15) is 0 Å². The Hall–Kier alpha value is -1.22. The lowest BCUT2D eigenvalue weighted by molar-refractivity contribution is 0.0503. The van der Waals surface area contributed by atoms with E-state index in [2.05, 4.69) is 0 Å². The van der Waals surface area contributed by atoms with Gasteiger partial charge in [-0.1, -0.05) is 6.92 Å². The number of halogens is 1. The van der Waals surface area contributed by atoms with Gasteiger partial charge in [0, 0.05) is 5.56 Å². The second-order valence-corrected chi connectivity index (χ2v) is 3.49. The highest BCUT2D eigenvalue weighted by Gasteiger charge is 2.05. The molecule has 1 atom stereocenters. The van der Waals surface area contributed by atoms with Crippen molar-refractivity contribution < 1.29 is 13.9 Å². The van der Waals surface area contributed by atoms with E-state index in [1.807, 2.05) is 13.8 Å². The predicted octanol–water partition coefficient (Wildman–Crippen LogP) is 2.95. The zero-order valence-electron chi connectivity index (χ0n) is 9.00. The van der Waals surface area contributed by atoms with E-state index in [4.69, 9.17) is 4.74 Å². The summed E-state index contributed by atoms with van der Waals surface area (Å²) in [7, 11) is 0. The molecule has 1 rings (SSSR count). The molecule has 0 unspecified atom stereocenters. The summed E-state index contributed by atoms with van der Waals surface area (Å²) in [6, 6.07) is 4.08. The van der Waals surface area contributed by atoms with Crippen molar-refractivity contribution in [3.63, 3.8) is 0 Å². The molecular weight excluding hydrogens is 195 g/mol. The van der Waals surface area contributed by atoms with E-state index in [0.29, 0.717) is 11.1 Å². The van der Waals surface area contributed by atoms with Crippen LogP contribution in [-0.4, -0.2) is 12.4 Å². The molecule has 0 bridgehead atoms. The molecule has 0 N–H and O–H groups in total. The number of carbonyl (C=O) groups excluding carboxylic acids is 1. The molecule has 0 aromatic heterocycles. The van der Waals surface area contributed by atoms with Crippen LogP contribution in [0.4, 0.5) is 4.39 Å². The summed E-state index contributed by atoms with van der Waals surface area (Å²) in [5, 5.41) is 0. The molecular formula is C12H15FO2. The van der Waals surface area contributed by atoms with Gasteiger partial charge in [0.15, 0.2) is 0 Å². The third kappa shape index (κ3) is 3.44. The van der Waals surface area contributed by atoms with Crippen LogP contribution in [0.5, 0.6) is 0 Å². The van der Waals surface area contributed by atoms with Crippen LogP contribution in [0.15, 0.2) is 18.2 Å². The van der Waals surface area contributed by atoms with Crippen molar-refractivity contribution in [2.75, 3.05) is 0 Å². The van der Waals surface area contributed by atoms with Gasteiger partial charge in [-0.05, 0) is 37.1 Å². The average molecular weight is 210 g/mol. The molecule has 0 aliphatic carbocycles. The molecule has 3 heteroatoms. The molecule has 15 heavy (non-hydrogen) atoms. The van der Waals surface area contributed by atoms with Gasteiger partial charge in [-0.15, -0.1) is 0 Å². The minimum absolute atomic E-state index is 0.118. The Morgan fingerprint density at radius 3 is 2.87 bits per heavy atom. The molecule has 0 saturated carbocycles. The van der Waals surface area contributed by atoms with Gasteiger partial charge < -0.3 is 4.74 Å². The standard InChI is InChI=1S/C12H15FO2/c1-3-9(2)15-8-11-6-12(13)5-4-10(11)7-14/h4-7,9H,3,8H2,1-2H3/t9-/m1/s1. The summed E-state index contributed by atoms with van der Waals surface area (Å²) in [4.78, 5) is 10.7. The maximum atomic E-state index is 12.9. The van der Waals surface area contributed by atoms with E-state index in [1.54, 1.807) is 0 Å². The monoisotopic (exact) mass is 210 g/mol. The van der Waals surface area contributed by atoms with Gasteiger partial charge in [-0.3, -0.25) is 4.79 Å². The summed E-state index contributed by atoms with van der Waals surface area (Å²) in [6.07, 6.45) is 1.73. The van der Waals surface area contributed by atoms with E-state index in [9.17, 15) is 9.18 Å². The third-order valence-electron chi connectivity index (χ3n) is 2.33. The highest BCUT2D eigenvalue weighted by molar-refractivity contribution is 5.77. The van der Waals surface area contributed by atoms with Crippen LogP contribution >= 0.6 is 0 Å². The molecule has 0 fully saturated rings. The summed E-state index contributed by atoms with van der Waals surface area (Å²) >= 11 is 0. The van der Waals surface area contributed by atoms with Crippen molar-refractivity contribution in [1.29, 1.82) is 0 Å². The molecule has 82 valence electrons. The molecule has 2 nitrogen and oxygen atoms in total. The average Bonchev–Trinajstić information content (AvgIpc) is 2.26. The molecule has 0 amide bonds. The Balaban J connectivity index is 2.74. The lowest BCUT2D eigenvalue weighted by atomic mass is 10.1. The van der Waals surface area contributed by atoms with Gasteiger partial charge >= 0.3 is 0 Å². The SMILES string of the molecule is CC[C@@H](C)OCc1cc(F)ccc1C=O. The van der Waals surface area contributed by atoms with E-state index < -0.39 is 0 Å². The quantitative estimate of drug-likeness (QED) is 0.698. The molecule has 1 aromatic rings. The molecule has 0 spiro atoms. The van der Waals surface area contributed by atoms with Crippen molar-refractivity contribution in [2.45, 2.75) is 33.0 Å². The summed E-state index contributed by atoms with van der Waals surface area (Å²) in [5.41, 5.74) is 1.09. The first-order chi connectivity index (χ1) is 7.17. The molecule has 0 radical (unpaired) electrons. The number of benzene rings is 1. The topological polar surface area (TPSA) is 26.3 Å². The molecule has 0 aliphatic rings. The van der Waals surface area contributed by atoms with Gasteiger partial charge in [0.25, 0.3) is 0 Å². The first-order valence-electron chi connectivity index (χ1n) is 5.02. The maximum Gasteiger partial charge on any atom is 0.150 e. The largest absolute Gasteiger partial charge is 0.374 e. The van der Waals surface area contributed by atoms with Crippen molar-refractivity contribution in [3.05, 3.63) is 35.1 Å². The summed E-state index contributed by atoms with van der Waals surface area (Å²) in [5.74, 6) is -0.344. The van der Waals surface area contributed by atoms with E-state index in [-0.39, 0.29) is 18.5 Å². The van der Waals surface area contributed by atoms with E-state index >= 15 is 0 Å². The maximum absolute atomic E-state index is 12.9. The van der Waals surface area contributed by atoms with Crippen LogP contribution < -0.4 is 0 Å². The highest BCUT2D eigenvalue weighted by atomic mass is 19.1. The fourth-order valence-electron chi connectivity index (χ4n) is 1.16. The van der Waals surface area contributed by atoms with Crippen LogP contribution in [0.2, 0.25) is 0 Å². The zero-order valence-corrected chi connectivity index (χ0v) is 9.00. The van der Waals surface area contributed by atoms with Crippen LogP contribution in [0.25, 0.3) is 0 Å². The number of carbonyl (C=O) groups is 1. The Bertz CT molecular complexity index is 336.